The molecule has 0 aromatic heterocycles. The van der Waals surface area contributed by atoms with Crippen LogP contribution in [0.15, 0.2) is 24.3 Å². The predicted molar refractivity (Wildman–Crippen MR) is 70.2 cm³/mol. The molecule has 1 aromatic rings. The lowest BCUT2D eigenvalue weighted by atomic mass is 10.1. The van der Waals surface area contributed by atoms with E-state index in [1.165, 1.54) is 6.92 Å². The topological polar surface area (TPSA) is 73.2 Å². The van der Waals surface area contributed by atoms with Crippen LogP contribution in [0.2, 0.25) is 0 Å². The fourth-order valence-electron chi connectivity index (χ4n) is 2.32. The largest absolute Gasteiger partial charge is 0.331 e. The Bertz CT molecular complexity index is 548. The van der Waals surface area contributed by atoms with Crippen molar-refractivity contribution in [2.45, 2.75) is 25.8 Å². The lowest BCUT2D eigenvalue weighted by Gasteiger charge is -2.22. The molecule has 5 heteroatoms. The predicted octanol–water partition coefficient (Wildman–Crippen LogP) is 1.51. The van der Waals surface area contributed by atoms with E-state index in [4.69, 9.17) is 5.26 Å². The van der Waals surface area contributed by atoms with Crippen molar-refractivity contribution >= 4 is 17.5 Å². The molecule has 98 valence electrons. The number of benzene rings is 1. The summed E-state index contributed by atoms with van der Waals surface area (Å²) in [6.45, 7) is 2.09. The van der Waals surface area contributed by atoms with Crippen molar-refractivity contribution in [2.24, 2.45) is 0 Å². The van der Waals surface area contributed by atoms with Crippen LogP contribution in [-0.2, 0) is 9.59 Å². The molecule has 1 fully saturated rings. The van der Waals surface area contributed by atoms with Gasteiger partial charge < -0.3 is 10.2 Å². The van der Waals surface area contributed by atoms with Gasteiger partial charge in [0.05, 0.1) is 11.3 Å². The second-order valence-electron chi connectivity index (χ2n) is 4.52. The number of hydrogen-bond donors (Lipinski definition) is 1. The smallest absolute Gasteiger partial charge is 0.247 e. The van der Waals surface area contributed by atoms with Crippen molar-refractivity contribution < 1.29 is 9.59 Å². The Kier molecular flexibility index (Phi) is 3.81. The van der Waals surface area contributed by atoms with Gasteiger partial charge in [0.25, 0.3) is 0 Å². The van der Waals surface area contributed by atoms with Crippen LogP contribution in [0.4, 0.5) is 5.69 Å². The second-order valence-corrected chi connectivity index (χ2v) is 4.52. The van der Waals surface area contributed by atoms with Crippen LogP contribution >= 0.6 is 0 Å². The van der Waals surface area contributed by atoms with Gasteiger partial charge >= 0.3 is 0 Å². The van der Waals surface area contributed by atoms with Crippen LogP contribution in [0, 0.1) is 11.3 Å². The van der Waals surface area contributed by atoms with Gasteiger partial charge in [0.1, 0.15) is 12.1 Å². The average Bonchev–Trinajstić information content (AvgIpc) is 2.88. The van der Waals surface area contributed by atoms with E-state index >= 15 is 0 Å². The zero-order valence-corrected chi connectivity index (χ0v) is 10.7. The van der Waals surface area contributed by atoms with Crippen molar-refractivity contribution in [3.05, 3.63) is 29.8 Å². The zero-order valence-electron chi connectivity index (χ0n) is 10.7. The van der Waals surface area contributed by atoms with E-state index in [0.717, 1.165) is 6.42 Å². The SMILES string of the molecule is CC(=O)N1CCCC1C(=O)Nc1ccccc1C#N. The molecule has 0 saturated carbocycles. The highest BCUT2D eigenvalue weighted by Crippen LogP contribution is 2.20. The molecule has 1 aromatic carbocycles. The number of para-hydroxylation sites is 1. The first kappa shape index (κ1) is 13.1. The first-order chi connectivity index (χ1) is 9.13. The quantitative estimate of drug-likeness (QED) is 0.872. The highest BCUT2D eigenvalue weighted by atomic mass is 16.2. The van der Waals surface area contributed by atoms with Crippen molar-refractivity contribution in [1.29, 1.82) is 5.26 Å². The Morgan fingerprint density at radius 1 is 1.42 bits per heavy atom. The van der Waals surface area contributed by atoms with E-state index in [1.807, 2.05) is 6.07 Å². The molecule has 2 amide bonds. The van der Waals surface area contributed by atoms with Gasteiger partial charge in [0.2, 0.25) is 11.8 Å². The van der Waals surface area contributed by atoms with Crippen LogP contribution in [0.3, 0.4) is 0 Å². The Hall–Kier alpha value is -2.35. The molecule has 1 heterocycles. The van der Waals surface area contributed by atoms with Gasteiger partial charge in [0.15, 0.2) is 0 Å². The fraction of sp³-hybridized carbons (Fsp3) is 0.357. The van der Waals surface area contributed by atoms with Gasteiger partial charge in [-0.3, -0.25) is 9.59 Å². The number of rotatable bonds is 2. The highest BCUT2D eigenvalue weighted by molar-refractivity contribution is 5.98. The summed E-state index contributed by atoms with van der Waals surface area (Å²) in [7, 11) is 0. The molecule has 1 aliphatic heterocycles. The van der Waals surface area contributed by atoms with Crippen LogP contribution < -0.4 is 5.32 Å². The third kappa shape index (κ3) is 2.74. The molecule has 1 saturated heterocycles. The number of nitriles is 1. The summed E-state index contributed by atoms with van der Waals surface area (Å²) in [5.41, 5.74) is 0.911. The van der Waals surface area contributed by atoms with Crippen LogP contribution in [0.25, 0.3) is 0 Å². The van der Waals surface area contributed by atoms with E-state index in [1.54, 1.807) is 29.2 Å². The number of nitrogens with one attached hydrogen (secondary N) is 1. The second kappa shape index (κ2) is 5.53. The molecule has 1 unspecified atom stereocenters. The van der Waals surface area contributed by atoms with E-state index in [9.17, 15) is 9.59 Å². The molecular weight excluding hydrogens is 242 g/mol. The van der Waals surface area contributed by atoms with E-state index in [0.29, 0.717) is 24.2 Å². The molecule has 1 aliphatic rings. The molecule has 0 spiro atoms. The minimum atomic E-state index is -0.427. The highest BCUT2D eigenvalue weighted by Gasteiger charge is 2.32. The number of hydrogen-bond acceptors (Lipinski definition) is 3. The molecular formula is C14H15N3O2. The number of amides is 2. The number of nitrogens with zero attached hydrogens (tertiary/aromatic N) is 2. The Labute approximate surface area is 111 Å². The molecule has 1 atom stereocenters. The zero-order chi connectivity index (χ0) is 13.8. The molecule has 0 bridgehead atoms. The normalized spacial score (nSPS) is 17.9. The number of carbonyl (C=O) groups is 2. The average molecular weight is 257 g/mol. The summed E-state index contributed by atoms with van der Waals surface area (Å²) >= 11 is 0. The van der Waals surface area contributed by atoms with Crippen molar-refractivity contribution in [3.8, 4) is 6.07 Å². The number of likely N-dealkylation sites (tertiary alicyclic amines) is 1. The monoisotopic (exact) mass is 257 g/mol. The summed E-state index contributed by atoms with van der Waals surface area (Å²) in [6.07, 6.45) is 1.50. The van der Waals surface area contributed by atoms with Gasteiger partial charge in [-0.1, -0.05) is 12.1 Å². The van der Waals surface area contributed by atoms with E-state index in [-0.39, 0.29) is 11.8 Å². The summed E-state index contributed by atoms with van der Waals surface area (Å²) in [6, 6.07) is 8.43. The van der Waals surface area contributed by atoms with Gasteiger partial charge in [-0.05, 0) is 25.0 Å². The maximum atomic E-state index is 12.2. The van der Waals surface area contributed by atoms with Gasteiger partial charge in [-0.2, -0.15) is 5.26 Å². The van der Waals surface area contributed by atoms with Gasteiger partial charge in [-0.15, -0.1) is 0 Å². The lowest BCUT2D eigenvalue weighted by molar-refractivity contribution is -0.134. The third-order valence-corrected chi connectivity index (χ3v) is 3.27. The molecule has 0 aliphatic carbocycles. The number of carbonyl (C=O) groups excluding carboxylic acids is 2. The summed E-state index contributed by atoms with van der Waals surface area (Å²) in [5, 5.41) is 11.7. The first-order valence-electron chi connectivity index (χ1n) is 6.20. The summed E-state index contributed by atoms with van der Waals surface area (Å²) < 4.78 is 0. The Balaban J connectivity index is 2.13. The van der Waals surface area contributed by atoms with Gasteiger partial charge in [-0.25, -0.2) is 0 Å². The maximum Gasteiger partial charge on any atom is 0.247 e. The van der Waals surface area contributed by atoms with Crippen molar-refractivity contribution in [2.75, 3.05) is 11.9 Å². The van der Waals surface area contributed by atoms with Crippen LogP contribution in [0.1, 0.15) is 25.3 Å². The molecule has 19 heavy (non-hydrogen) atoms. The lowest BCUT2D eigenvalue weighted by Crippen LogP contribution is -2.42. The molecule has 0 radical (unpaired) electrons. The van der Waals surface area contributed by atoms with E-state index in [2.05, 4.69) is 5.32 Å². The van der Waals surface area contributed by atoms with E-state index < -0.39 is 6.04 Å². The summed E-state index contributed by atoms with van der Waals surface area (Å²) in [4.78, 5) is 25.2. The minimum Gasteiger partial charge on any atom is -0.331 e. The van der Waals surface area contributed by atoms with Crippen LogP contribution in [-0.4, -0.2) is 29.3 Å². The standard InChI is InChI=1S/C14H15N3O2/c1-10(18)17-8-4-7-13(17)14(19)16-12-6-3-2-5-11(12)9-15/h2-3,5-6,13H,4,7-8H2,1H3,(H,16,19). The fourth-order valence-corrected chi connectivity index (χ4v) is 2.32. The minimum absolute atomic E-state index is 0.0915. The molecule has 2 rings (SSSR count). The Morgan fingerprint density at radius 2 is 2.16 bits per heavy atom. The first-order valence-corrected chi connectivity index (χ1v) is 6.20. The Morgan fingerprint density at radius 3 is 2.84 bits per heavy atom. The van der Waals surface area contributed by atoms with Crippen molar-refractivity contribution in [1.82, 2.24) is 4.90 Å². The number of anilines is 1. The third-order valence-electron chi connectivity index (χ3n) is 3.27. The van der Waals surface area contributed by atoms with Crippen molar-refractivity contribution in [3.63, 3.8) is 0 Å². The summed E-state index contributed by atoms with van der Waals surface area (Å²) in [5.74, 6) is -0.318. The molecule has 1 N–H and O–H groups in total. The maximum absolute atomic E-state index is 12.2. The van der Waals surface area contributed by atoms with Crippen LogP contribution in [0.5, 0.6) is 0 Å². The van der Waals surface area contributed by atoms with Gasteiger partial charge in [0, 0.05) is 13.5 Å². The molecule has 5 nitrogen and oxygen atoms in total.